The largest absolute Gasteiger partial charge is 0.462 e. The van der Waals surface area contributed by atoms with Gasteiger partial charge in [0, 0.05) is 19.3 Å². The molecule has 0 fully saturated rings. The molecule has 6 nitrogen and oxygen atoms in total. The molecule has 0 rings (SSSR count). The number of allylic oxidation sites excluding steroid dienone is 16. The second kappa shape index (κ2) is 54.9. The number of unbranched alkanes of at least 4 members (excludes halogenated alkanes) is 22. The van der Waals surface area contributed by atoms with E-state index in [1.54, 1.807) is 0 Å². The Kier molecular flexibility index (Phi) is 51.9. The summed E-state index contributed by atoms with van der Waals surface area (Å²) in [7, 11) is 0. The molecule has 0 N–H and O–H groups in total. The highest BCUT2D eigenvalue weighted by Crippen LogP contribution is 2.14. The molecule has 6 heteroatoms. The Morgan fingerprint density at radius 1 is 0.313 bits per heavy atom. The first kappa shape index (κ1) is 63.3. The van der Waals surface area contributed by atoms with Crippen LogP contribution < -0.4 is 0 Å². The maximum absolute atomic E-state index is 12.7. The van der Waals surface area contributed by atoms with Crippen molar-refractivity contribution >= 4 is 17.9 Å². The number of carbonyl (C=O) groups excluding carboxylic acids is 3. The lowest BCUT2D eigenvalue weighted by Gasteiger charge is -2.18. The summed E-state index contributed by atoms with van der Waals surface area (Å²) in [6.07, 6.45) is 72.7. The molecule has 0 amide bonds. The van der Waals surface area contributed by atoms with Crippen LogP contribution in [0, 0.1) is 0 Å². The summed E-state index contributed by atoms with van der Waals surface area (Å²) in [5.74, 6) is -0.908. The molecule has 0 saturated carbocycles. The van der Waals surface area contributed by atoms with E-state index in [-0.39, 0.29) is 31.1 Å². The first-order valence-corrected chi connectivity index (χ1v) is 27.7. The van der Waals surface area contributed by atoms with Gasteiger partial charge in [-0.3, -0.25) is 14.4 Å². The van der Waals surface area contributed by atoms with E-state index >= 15 is 0 Å². The molecule has 0 radical (unpaired) electrons. The zero-order valence-electron chi connectivity index (χ0n) is 43.6. The second-order valence-electron chi connectivity index (χ2n) is 18.1. The number of hydrogen-bond acceptors (Lipinski definition) is 6. The highest BCUT2D eigenvalue weighted by molar-refractivity contribution is 5.71. The summed E-state index contributed by atoms with van der Waals surface area (Å²) in [6, 6.07) is 0. The van der Waals surface area contributed by atoms with Gasteiger partial charge in [0.1, 0.15) is 13.2 Å². The molecule has 1 unspecified atom stereocenters. The summed E-state index contributed by atoms with van der Waals surface area (Å²) in [4.78, 5) is 37.9. The van der Waals surface area contributed by atoms with Crippen LogP contribution in [0.15, 0.2) is 97.2 Å². The van der Waals surface area contributed by atoms with Gasteiger partial charge in [-0.15, -0.1) is 0 Å². The lowest BCUT2D eigenvalue weighted by molar-refractivity contribution is -0.167. The van der Waals surface area contributed by atoms with Crippen molar-refractivity contribution in [1.29, 1.82) is 0 Å². The smallest absolute Gasteiger partial charge is 0.306 e. The molecule has 0 bridgehead atoms. The van der Waals surface area contributed by atoms with E-state index in [0.717, 1.165) is 128 Å². The molecular formula is C61H102O6. The Bertz CT molecular complexity index is 1350. The Morgan fingerprint density at radius 3 is 0.985 bits per heavy atom. The highest BCUT2D eigenvalue weighted by Gasteiger charge is 2.19. The molecule has 0 aliphatic rings. The van der Waals surface area contributed by atoms with Gasteiger partial charge in [0.05, 0.1) is 0 Å². The predicted octanol–water partition coefficient (Wildman–Crippen LogP) is 18.5. The third kappa shape index (κ3) is 53.2. The van der Waals surface area contributed by atoms with Crippen LogP contribution in [-0.2, 0) is 28.6 Å². The van der Waals surface area contributed by atoms with Crippen molar-refractivity contribution in [1.82, 2.24) is 0 Å². The van der Waals surface area contributed by atoms with Crippen LogP contribution in [0.5, 0.6) is 0 Å². The van der Waals surface area contributed by atoms with E-state index < -0.39 is 6.10 Å². The van der Waals surface area contributed by atoms with Gasteiger partial charge in [0.15, 0.2) is 6.10 Å². The molecule has 0 spiro atoms. The van der Waals surface area contributed by atoms with Crippen molar-refractivity contribution in [2.24, 2.45) is 0 Å². The Hall–Kier alpha value is -3.67. The Labute approximate surface area is 413 Å². The molecule has 382 valence electrons. The number of carbonyl (C=O) groups is 3. The van der Waals surface area contributed by atoms with Crippen molar-refractivity contribution < 1.29 is 28.6 Å². The SMILES string of the molecule is CC/C=C\C/C=C\C/C=C\C/C=C\C/C=C\C/C=C\C/C=C\CCCCCCCCCC(=O)OCC(COC(=O)CCCCCCCCCCCC)OC(=O)CCCCCCC/C=C\CCC. The summed E-state index contributed by atoms with van der Waals surface area (Å²) in [5.41, 5.74) is 0. The second-order valence-corrected chi connectivity index (χ2v) is 18.1. The zero-order chi connectivity index (χ0) is 48.6. The van der Waals surface area contributed by atoms with E-state index in [1.807, 2.05) is 0 Å². The average Bonchev–Trinajstić information content (AvgIpc) is 3.33. The van der Waals surface area contributed by atoms with E-state index in [0.29, 0.717) is 19.3 Å². The quantitative estimate of drug-likeness (QED) is 0.0262. The standard InChI is InChI=1S/C61H102O6/c1-4-7-10-13-16-19-22-23-24-25-26-27-28-29-30-31-32-33-34-35-36-37-38-39-40-43-45-48-51-54-60(63)66-57-58(67-61(64)55-52-49-46-42-21-18-15-12-9-6-3)56-65-59(62)53-50-47-44-41-20-17-14-11-8-5-2/h7,10,12,15-16,19,23-24,26-27,29-30,32-33,35-36,58H,4-6,8-9,11,13-14,17-18,20-22,25,28,31,34,37-57H2,1-3H3/b10-7-,15-12-,19-16-,24-23-,27-26-,30-29-,33-32-,36-35-. The normalized spacial score (nSPS) is 12.8. The van der Waals surface area contributed by atoms with Gasteiger partial charge in [-0.1, -0.05) is 234 Å². The summed E-state index contributed by atoms with van der Waals surface area (Å²) < 4.78 is 16.7. The number of ether oxygens (including phenoxy) is 3. The first-order valence-electron chi connectivity index (χ1n) is 27.7. The molecular weight excluding hydrogens is 829 g/mol. The van der Waals surface area contributed by atoms with E-state index in [1.165, 1.54) is 83.5 Å². The van der Waals surface area contributed by atoms with Gasteiger partial charge >= 0.3 is 17.9 Å². The van der Waals surface area contributed by atoms with E-state index in [9.17, 15) is 14.4 Å². The molecule has 1 atom stereocenters. The average molecular weight is 931 g/mol. The summed E-state index contributed by atoms with van der Waals surface area (Å²) in [5, 5.41) is 0. The number of hydrogen-bond donors (Lipinski definition) is 0. The van der Waals surface area contributed by atoms with Crippen LogP contribution in [0.1, 0.15) is 252 Å². The van der Waals surface area contributed by atoms with Crippen LogP contribution in [0.25, 0.3) is 0 Å². The minimum Gasteiger partial charge on any atom is -0.462 e. The zero-order valence-corrected chi connectivity index (χ0v) is 43.6. The highest BCUT2D eigenvalue weighted by atomic mass is 16.6. The third-order valence-electron chi connectivity index (χ3n) is 11.6. The molecule has 0 aliphatic heterocycles. The maximum Gasteiger partial charge on any atom is 0.306 e. The fraction of sp³-hybridized carbons (Fsp3) is 0.689. The van der Waals surface area contributed by atoms with Crippen molar-refractivity contribution in [3.05, 3.63) is 97.2 Å². The molecule has 67 heavy (non-hydrogen) atoms. The van der Waals surface area contributed by atoms with Crippen LogP contribution in [0.4, 0.5) is 0 Å². The van der Waals surface area contributed by atoms with E-state index in [2.05, 4.69) is 118 Å². The van der Waals surface area contributed by atoms with Crippen molar-refractivity contribution in [3.63, 3.8) is 0 Å². The molecule has 0 aromatic rings. The Morgan fingerprint density at radius 2 is 0.612 bits per heavy atom. The molecule has 0 aromatic carbocycles. The van der Waals surface area contributed by atoms with Crippen LogP contribution in [0.3, 0.4) is 0 Å². The Balaban J connectivity index is 4.20. The van der Waals surface area contributed by atoms with Gasteiger partial charge in [0.2, 0.25) is 0 Å². The summed E-state index contributed by atoms with van der Waals surface area (Å²) >= 11 is 0. The predicted molar refractivity (Wildman–Crippen MR) is 288 cm³/mol. The third-order valence-corrected chi connectivity index (χ3v) is 11.6. The van der Waals surface area contributed by atoms with Crippen LogP contribution in [-0.4, -0.2) is 37.2 Å². The van der Waals surface area contributed by atoms with Gasteiger partial charge in [-0.2, -0.15) is 0 Å². The molecule has 0 aromatic heterocycles. The number of rotatable bonds is 49. The molecule has 0 heterocycles. The summed E-state index contributed by atoms with van der Waals surface area (Å²) in [6.45, 7) is 6.43. The minimum atomic E-state index is -0.783. The number of esters is 3. The van der Waals surface area contributed by atoms with Crippen LogP contribution in [0.2, 0.25) is 0 Å². The minimum absolute atomic E-state index is 0.0829. The lowest BCUT2D eigenvalue weighted by Crippen LogP contribution is -2.30. The van der Waals surface area contributed by atoms with E-state index in [4.69, 9.17) is 14.2 Å². The van der Waals surface area contributed by atoms with Gasteiger partial charge in [-0.05, 0) is 96.3 Å². The van der Waals surface area contributed by atoms with Gasteiger partial charge in [0.25, 0.3) is 0 Å². The topological polar surface area (TPSA) is 78.9 Å². The van der Waals surface area contributed by atoms with Crippen molar-refractivity contribution in [3.8, 4) is 0 Å². The van der Waals surface area contributed by atoms with Crippen LogP contribution >= 0.6 is 0 Å². The lowest BCUT2D eigenvalue weighted by atomic mass is 10.1. The van der Waals surface area contributed by atoms with Gasteiger partial charge < -0.3 is 14.2 Å². The molecule has 0 aliphatic carbocycles. The fourth-order valence-electron chi connectivity index (χ4n) is 7.42. The fourth-order valence-corrected chi connectivity index (χ4v) is 7.42. The molecule has 0 saturated heterocycles. The monoisotopic (exact) mass is 931 g/mol. The first-order chi connectivity index (χ1) is 33.0. The van der Waals surface area contributed by atoms with Gasteiger partial charge in [-0.25, -0.2) is 0 Å². The van der Waals surface area contributed by atoms with Crippen molar-refractivity contribution in [2.75, 3.05) is 13.2 Å². The maximum atomic E-state index is 12.7. The van der Waals surface area contributed by atoms with Crippen molar-refractivity contribution in [2.45, 2.75) is 258 Å².